The van der Waals surface area contributed by atoms with E-state index in [9.17, 15) is 17.7 Å². The van der Waals surface area contributed by atoms with E-state index in [0.29, 0.717) is 5.57 Å². The van der Waals surface area contributed by atoms with Gasteiger partial charge < -0.3 is 5.11 Å². The maximum Gasteiger partial charge on any atom is 0.762 e. The molecule has 0 saturated carbocycles. The number of carboxylic acid groups (broad SMARTS) is 1. The molecule has 0 aromatic carbocycles. The van der Waals surface area contributed by atoms with Crippen LogP contribution in [-0.2, 0) is 4.79 Å². The molecule has 0 rings (SSSR count). The molecule has 0 fully saturated rings. The maximum absolute atomic E-state index is 9.86. The molecule has 1 radical (unpaired) electrons. The molecule has 0 aromatic heterocycles. The molecule has 0 aliphatic rings. The van der Waals surface area contributed by atoms with Gasteiger partial charge in [0.15, 0.2) is 0 Å². The van der Waals surface area contributed by atoms with E-state index in [1.54, 1.807) is 19.9 Å². The molecule has 12 heavy (non-hydrogen) atoms. The Bertz CT molecular complexity index is 149. The molecule has 0 unspecified atom stereocenters. The summed E-state index contributed by atoms with van der Waals surface area (Å²) >= 11 is 0. The van der Waals surface area contributed by atoms with Crippen molar-refractivity contribution in [3.8, 4) is 0 Å². The Labute approximate surface area is 81.2 Å². The van der Waals surface area contributed by atoms with Crippen LogP contribution in [0.5, 0.6) is 0 Å². The van der Waals surface area contributed by atoms with Crippen molar-refractivity contribution in [1.82, 2.24) is 0 Å². The van der Waals surface area contributed by atoms with Crippen molar-refractivity contribution in [2.75, 3.05) is 0 Å². The zero-order valence-electron chi connectivity index (χ0n) is 7.14. The standard InChI is InChI=1S/C5H8O2.BF3.Li/c1-3-4(2)5(6)7;2-1(3)4;/h3H,1-2H3,(H,6,7);;/b4-3+;;. The van der Waals surface area contributed by atoms with Crippen LogP contribution in [0, 0.1) is 0 Å². The van der Waals surface area contributed by atoms with Crippen molar-refractivity contribution >= 4 is 32.4 Å². The summed E-state index contributed by atoms with van der Waals surface area (Å²) in [6.07, 6.45) is 1.56. The summed E-state index contributed by atoms with van der Waals surface area (Å²) in [5, 5.41) is 8.11. The quantitative estimate of drug-likeness (QED) is 0.484. The van der Waals surface area contributed by atoms with Crippen LogP contribution < -0.4 is 0 Å². The third-order valence-corrected chi connectivity index (χ3v) is 0.770. The van der Waals surface area contributed by atoms with E-state index >= 15 is 0 Å². The summed E-state index contributed by atoms with van der Waals surface area (Å²) in [4.78, 5) is 9.86. The fourth-order valence-electron chi connectivity index (χ4n) is 0.123. The SMILES string of the molecule is C/C=C(\C)C(=O)O.FB(F)F.[Li]. The first-order chi connectivity index (χ1) is 4.91. The Kier molecular flexibility index (Phi) is 15.7. The molecule has 0 heterocycles. The predicted molar refractivity (Wildman–Crippen MR) is 41.9 cm³/mol. The van der Waals surface area contributed by atoms with E-state index in [1.807, 2.05) is 0 Å². The van der Waals surface area contributed by atoms with Crippen LogP contribution in [0.15, 0.2) is 11.6 Å². The van der Waals surface area contributed by atoms with Gasteiger partial charge in [0.2, 0.25) is 0 Å². The van der Waals surface area contributed by atoms with Crippen LogP contribution in [0.4, 0.5) is 12.9 Å². The largest absolute Gasteiger partial charge is 0.762 e. The average molecular weight is 175 g/mol. The number of rotatable bonds is 1. The Morgan fingerprint density at radius 2 is 1.67 bits per heavy atom. The number of halogens is 3. The van der Waals surface area contributed by atoms with E-state index in [0.717, 1.165) is 0 Å². The number of hydrogen-bond acceptors (Lipinski definition) is 1. The first kappa shape index (κ1) is 17.7. The molecule has 2 nitrogen and oxygen atoms in total. The third-order valence-electron chi connectivity index (χ3n) is 0.770. The molecule has 0 atom stereocenters. The maximum atomic E-state index is 9.86. The first-order valence-corrected chi connectivity index (χ1v) is 2.70. The number of hydrogen-bond donors (Lipinski definition) is 1. The van der Waals surface area contributed by atoms with Gasteiger partial charge in [-0.05, 0) is 13.8 Å². The van der Waals surface area contributed by atoms with Crippen LogP contribution in [0.25, 0.3) is 0 Å². The van der Waals surface area contributed by atoms with Crippen LogP contribution >= 0.6 is 0 Å². The molecule has 0 aliphatic carbocycles. The molecule has 0 saturated heterocycles. The van der Waals surface area contributed by atoms with Gasteiger partial charge in [-0.25, -0.2) is 4.79 Å². The fourth-order valence-corrected chi connectivity index (χ4v) is 0.123. The number of carbonyl (C=O) groups is 1. The van der Waals surface area contributed by atoms with Crippen molar-refractivity contribution < 1.29 is 22.8 Å². The third kappa shape index (κ3) is 22.6. The van der Waals surface area contributed by atoms with Crippen molar-refractivity contribution in [2.24, 2.45) is 0 Å². The van der Waals surface area contributed by atoms with Gasteiger partial charge in [-0.15, -0.1) is 0 Å². The minimum Gasteiger partial charge on any atom is -0.478 e. The Morgan fingerprint density at radius 3 is 1.67 bits per heavy atom. The molecule has 0 bridgehead atoms. The smallest absolute Gasteiger partial charge is 0.478 e. The van der Waals surface area contributed by atoms with Crippen molar-refractivity contribution in [2.45, 2.75) is 13.8 Å². The normalized spacial score (nSPS) is 8.92. The Balaban J connectivity index is -0.000000142. The number of carboxylic acids is 1. The van der Waals surface area contributed by atoms with Crippen LogP contribution in [-0.4, -0.2) is 37.5 Å². The topological polar surface area (TPSA) is 37.3 Å². The van der Waals surface area contributed by atoms with Crippen molar-refractivity contribution in [3.05, 3.63) is 11.6 Å². The minimum atomic E-state index is -3.67. The van der Waals surface area contributed by atoms with E-state index in [-0.39, 0.29) is 18.9 Å². The van der Waals surface area contributed by atoms with E-state index in [1.165, 1.54) is 0 Å². The summed E-state index contributed by atoms with van der Waals surface area (Å²) in [7, 11) is -3.67. The van der Waals surface area contributed by atoms with E-state index in [4.69, 9.17) is 5.11 Å². The van der Waals surface area contributed by atoms with Gasteiger partial charge in [0.25, 0.3) is 0 Å². The minimum absolute atomic E-state index is 0. The zero-order valence-corrected chi connectivity index (χ0v) is 7.14. The Morgan fingerprint density at radius 1 is 1.42 bits per heavy atom. The second-order valence-electron chi connectivity index (χ2n) is 1.52. The molecule has 0 amide bonds. The molecular weight excluding hydrogens is 167 g/mol. The van der Waals surface area contributed by atoms with Crippen LogP contribution in [0.2, 0.25) is 0 Å². The average Bonchev–Trinajstić information content (AvgIpc) is 1.85. The predicted octanol–water partition coefficient (Wildman–Crippen LogP) is 1.54. The zero-order chi connectivity index (χ0) is 9.44. The summed E-state index contributed by atoms with van der Waals surface area (Å²) in [6.45, 7) is 3.26. The van der Waals surface area contributed by atoms with Gasteiger partial charge in [0.05, 0.1) is 0 Å². The van der Waals surface area contributed by atoms with Gasteiger partial charge >= 0.3 is 13.5 Å². The monoisotopic (exact) mass is 175 g/mol. The fraction of sp³-hybridized carbons (Fsp3) is 0.400. The van der Waals surface area contributed by atoms with E-state index in [2.05, 4.69) is 0 Å². The molecule has 7 heteroatoms. The summed E-state index contributed by atoms with van der Waals surface area (Å²) in [6, 6.07) is 0. The molecule has 0 aliphatic heterocycles. The number of allylic oxidation sites excluding steroid dienone is 1. The molecular formula is C5H8BF3LiO2. The van der Waals surface area contributed by atoms with E-state index < -0.39 is 13.5 Å². The summed E-state index contributed by atoms with van der Waals surface area (Å²) in [5.41, 5.74) is 0.389. The second kappa shape index (κ2) is 10.7. The molecule has 0 spiro atoms. The molecule has 1 N–H and O–H groups in total. The van der Waals surface area contributed by atoms with Gasteiger partial charge in [-0.2, -0.15) is 0 Å². The number of aliphatic carboxylic acids is 1. The van der Waals surface area contributed by atoms with Crippen LogP contribution in [0.1, 0.15) is 13.8 Å². The second-order valence-corrected chi connectivity index (χ2v) is 1.52. The van der Waals surface area contributed by atoms with Gasteiger partial charge in [-0.3, -0.25) is 12.9 Å². The first-order valence-electron chi connectivity index (χ1n) is 2.70. The molecule has 65 valence electrons. The van der Waals surface area contributed by atoms with Crippen molar-refractivity contribution in [3.63, 3.8) is 0 Å². The summed E-state index contributed by atoms with van der Waals surface area (Å²) < 4.78 is 29.0. The van der Waals surface area contributed by atoms with Crippen molar-refractivity contribution in [1.29, 1.82) is 0 Å². The Hall–Kier alpha value is -0.338. The van der Waals surface area contributed by atoms with Gasteiger partial charge in [0.1, 0.15) is 0 Å². The summed E-state index contributed by atoms with van der Waals surface area (Å²) in [5.74, 6) is -0.845. The molecule has 0 aromatic rings. The van der Waals surface area contributed by atoms with Gasteiger partial charge in [-0.1, -0.05) is 6.08 Å². The van der Waals surface area contributed by atoms with Gasteiger partial charge in [0, 0.05) is 24.4 Å². The van der Waals surface area contributed by atoms with Crippen LogP contribution in [0.3, 0.4) is 0 Å².